The van der Waals surface area contributed by atoms with Crippen LogP contribution in [0.2, 0.25) is 0 Å². The van der Waals surface area contributed by atoms with Crippen LogP contribution in [-0.4, -0.2) is 163 Å². The fourth-order valence-electron chi connectivity index (χ4n) is 8.81. The van der Waals surface area contributed by atoms with E-state index in [4.69, 9.17) is 14.2 Å². The van der Waals surface area contributed by atoms with E-state index in [0.717, 1.165) is 10.6 Å². The summed E-state index contributed by atoms with van der Waals surface area (Å²) >= 11 is 0. The molecule has 4 N–H and O–H groups in total. The Labute approximate surface area is 420 Å². The molecule has 1 aromatic rings. The number of methoxy groups -OCH3 is 1. The Morgan fingerprint density at radius 2 is 1.55 bits per heavy atom. The van der Waals surface area contributed by atoms with Crippen LogP contribution in [0.15, 0.2) is 24.3 Å². The van der Waals surface area contributed by atoms with E-state index in [9.17, 15) is 51.9 Å². The number of Topliss-reactive ketones (excluding diaryl/α,β-unsaturated/α-hetero) is 1. The van der Waals surface area contributed by atoms with Gasteiger partial charge in [-0.1, -0.05) is 73.9 Å². The number of hydrogen-bond donors (Lipinski definition) is 4. The van der Waals surface area contributed by atoms with Crippen molar-refractivity contribution in [1.82, 2.24) is 30.1 Å². The molecule has 0 spiro atoms. The van der Waals surface area contributed by atoms with Gasteiger partial charge in [0.15, 0.2) is 11.9 Å². The van der Waals surface area contributed by atoms with Crippen LogP contribution >= 0.6 is 0 Å². The van der Waals surface area contributed by atoms with Crippen molar-refractivity contribution in [3.8, 4) is 5.75 Å². The molecule has 2 fully saturated rings. The van der Waals surface area contributed by atoms with E-state index in [1.54, 1.807) is 65.8 Å². The molecule has 400 valence electrons. The average molecular weight is 1020 g/mol. The van der Waals surface area contributed by atoms with E-state index in [1.807, 2.05) is 13.8 Å². The van der Waals surface area contributed by atoms with Crippen molar-refractivity contribution in [2.24, 2.45) is 29.6 Å². The summed E-state index contributed by atoms with van der Waals surface area (Å²) in [6.07, 6.45) is -3.36. The summed E-state index contributed by atoms with van der Waals surface area (Å²) < 4.78 is 43.5. The number of nitrogens with one attached hydrogen (secondary N) is 3. The van der Waals surface area contributed by atoms with E-state index in [0.29, 0.717) is 24.2 Å². The molecule has 71 heavy (non-hydrogen) atoms. The van der Waals surface area contributed by atoms with Gasteiger partial charge in [0.25, 0.3) is 0 Å². The number of benzene rings is 1. The van der Waals surface area contributed by atoms with Gasteiger partial charge in [0.05, 0.1) is 37.9 Å². The normalized spacial score (nSPS) is 27.3. The Bertz CT molecular complexity index is 2150. The highest BCUT2D eigenvalue weighted by molar-refractivity contribution is 7.88. The highest BCUT2D eigenvalue weighted by Crippen LogP contribution is 2.26. The number of ketones is 1. The first kappa shape index (κ1) is 60.2. The predicted octanol–water partition coefficient (Wildman–Crippen LogP) is 2.38. The Kier molecular flexibility index (Phi) is 22.5. The van der Waals surface area contributed by atoms with Crippen LogP contribution in [0.1, 0.15) is 113 Å². The SMILES string of the molecule is CC[C@H](C)[C@H]1NC(=O)[C@@H](NC(=O)[C@@H](CC(C)C)N(C)S(C)(=O)=O)[C@@H](C)OC(=O)[C@H](Cc2ccc(OC)cc2)N(C)C(=O)C2CCCN2C(=O)[C@H](CC(C)C)NC(=O)[C@@H](C)C(=O)[C@H](C(C)C)OC(=O)C[C@@H]1O. The standard InChI is InChI=1S/C50H80N6O14S/c1-15-30(8)41-39(57)26-40(58)70-44(29(6)7)43(59)31(9)45(60)51-35(23-27(2)3)48(63)56-22-16-17-36(56)49(64)54(11)38(25-33-18-20-34(68-13)21-19-33)50(65)69-32(10)42(47(62)52-41)53-46(61)37(24-28(4)5)55(12)71(14,66)67/h18-21,27-32,35-39,41-42,44,57H,15-17,22-26H2,1-14H3,(H,51,60)(H,52,62)(H,53,61)/t30-,31-,32+,35-,36?,37+,38-,39-,41+,42-,44-/m0/s1. The van der Waals surface area contributed by atoms with Crippen LogP contribution in [0.25, 0.3) is 0 Å². The lowest BCUT2D eigenvalue weighted by atomic mass is 9.91. The maximum absolute atomic E-state index is 14.8. The smallest absolute Gasteiger partial charge is 0.329 e. The lowest BCUT2D eigenvalue weighted by Crippen LogP contribution is -2.61. The Hall–Kier alpha value is -5.15. The maximum atomic E-state index is 14.8. The molecule has 2 saturated heterocycles. The highest BCUT2D eigenvalue weighted by atomic mass is 32.2. The van der Waals surface area contributed by atoms with Crippen molar-refractivity contribution in [3.05, 3.63) is 29.8 Å². The molecule has 11 atom stereocenters. The molecule has 20 nitrogen and oxygen atoms in total. The Morgan fingerprint density at radius 1 is 0.930 bits per heavy atom. The number of nitrogens with zero attached hydrogens (tertiary/aromatic N) is 3. The van der Waals surface area contributed by atoms with Crippen LogP contribution < -0.4 is 20.7 Å². The van der Waals surface area contributed by atoms with Gasteiger partial charge in [-0.15, -0.1) is 0 Å². The molecule has 0 bridgehead atoms. The van der Waals surface area contributed by atoms with Gasteiger partial charge in [-0.05, 0) is 80.9 Å². The van der Waals surface area contributed by atoms with Crippen LogP contribution in [-0.2, 0) is 64.3 Å². The minimum atomic E-state index is -3.96. The van der Waals surface area contributed by atoms with E-state index >= 15 is 0 Å². The molecule has 2 heterocycles. The first-order valence-corrected chi connectivity index (χ1v) is 26.5. The number of hydrogen-bond acceptors (Lipinski definition) is 14. The molecule has 0 aliphatic carbocycles. The molecule has 1 aromatic carbocycles. The lowest BCUT2D eigenvalue weighted by molar-refractivity contribution is -0.163. The van der Waals surface area contributed by atoms with E-state index < -0.39 is 136 Å². The molecule has 0 radical (unpaired) electrons. The van der Waals surface area contributed by atoms with E-state index in [-0.39, 0.29) is 44.1 Å². The zero-order valence-corrected chi connectivity index (χ0v) is 44.9. The summed E-state index contributed by atoms with van der Waals surface area (Å²) in [6, 6.07) is -1.20. The lowest BCUT2D eigenvalue weighted by Gasteiger charge is -2.35. The van der Waals surface area contributed by atoms with E-state index in [1.165, 1.54) is 44.9 Å². The average Bonchev–Trinajstić information content (AvgIpc) is 3.79. The maximum Gasteiger partial charge on any atom is 0.329 e. The van der Waals surface area contributed by atoms with Crippen molar-refractivity contribution in [2.45, 2.75) is 169 Å². The highest BCUT2D eigenvalue weighted by Gasteiger charge is 2.45. The third kappa shape index (κ3) is 16.4. The first-order chi connectivity index (χ1) is 33.0. The minimum Gasteiger partial charge on any atom is -0.497 e. The number of carbonyl (C=O) groups is 8. The number of carbonyl (C=O) groups excluding carboxylic acids is 8. The predicted molar refractivity (Wildman–Crippen MR) is 264 cm³/mol. The summed E-state index contributed by atoms with van der Waals surface area (Å²) in [6.45, 7) is 16.8. The number of sulfonamides is 1. The first-order valence-electron chi connectivity index (χ1n) is 24.7. The van der Waals surface area contributed by atoms with Crippen molar-refractivity contribution < 1.29 is 66.1 Å². The monoisotopic (exact) mass is 1020 g/mol. The molecule has 2 aliphatic heterocycles. The van der Waals surface area contributed by atoms with Gasteiger partial charge in [-0.2, -0.15) is 4.31 Å². The number of amides is 5. The van der Waals surface area contributed by atoms with Crippen molar-refractivity contribution in [3.63, 3.8) is 0 Å². The second-order valence-corrected chi connectivity index (χ2v) is 22.5. The second-order valence-electron chi connectivity index (χ2n) is 20.4. The molecular formula is C50H80N6O14S. The van der Waals surface area contributed by atoms with Gasteiger partial charge in [0, 0.05) is 27.1 Å². The van der Waals surface area contributed by atoms with Gasteiger partial charge >= 0.3 is 11.9 Å². The Morgan fingerprint density at radius 3 is 2.08 bits per heavy atom. The van der Waals surface area contributed by atoms with Crippen LogP contribution in [0.3, 0.4) is 0 Å². The van der Waals surface area contributed by atoms with Crippen molar-refractivity contribution in [1.29, 1.82) is 0 Å². The molecule has 1 unspecified atom stereocenters. The number of ether oxygens (including phenoxy) is 3. The zero-order valence-electron chi connectivity index (χ0n) is 44.1. The molecule has 2 aliphatic rings. The largest absolute Gasteiger partial charge is 0.497 e. The number of likely N-dealkylation sites (N-methyl/N-ethyl adjacent to an activating group) is 2. The molecular weight excluding hydrogens is 941 g/mol. The molecule has 0 saturated carbocycles. The van der Waals surface area contributed by atoms with E-state index in [2.05, 4.69) is 16.0 Å². The van der Waals surface area contributed by atoms with Crippen LogP contribution in [0.4, 0.5) is 0 Å². The molecule has 3 rings (SSSR count). The van der Waals surface area contributed by atoms with Crippen molar-refractivity contribution in [2.75, 3.05) is 34.0 Å². The zero-order chi connectivity index (χ0) is 53.8. The number of aliphatic hydroxyl groups is 1. The number of fused-ring (bicyclic) bond motifs is 1. The number of esters is 2. The van der Waals surface area contributed by atoms with Gasteiger partial charge in [0.1, 0.15) is 42.1 Å². The summed E-state index contributed by atoms with van der Waals surface area (Å²) in [7, 11) is 0.148. The summed E-state index contributed by atoms with van der Waals surface area (Å²) in [5.41, 5.74) is 0.576. The number of cyclic esters (lactones) is 2. The van der Waals surface area contributed by atoms with Gasteiger partial charge < -0.3 is 45.1 Å². The molecule has 21 heteroatoms. The summed E-state index contributed by atoms with van der Waals surface area (Å²) in [5, 5.41) is 19.8. The minimum absolute atomic E-state index is 0.0346. The van der Waals surface area contributed by atoms with Gasteiger partial charge in [0.2, 0.25) is 39.6 Å². The van der Waals surface area contributed by atoms with Crippen LogP contribution in [0.5, 0.6) is 5.75 Å². The topological polar surface area (TPSA) is 264 Å². The summed E-state index contributed by atoms with van der Waals surface area (Å²) in [5.74, 6) is -9.02. The van der Waals surface area contributed by atoms with Gasteiger partial charge in [-0.3, -0.25) is 33.6 Å². The van der Waals surface area contributed by atoms with Crippen molar-refractivity contribution >= 4 is 57.3 Å². The third-order valence-electron chi connectivity index (χ3n) is 13.4. The summed E-state index contributed by atoms with van der Waals surface area (Å²) in [4.78, 5) is 117. The third-order valence-corrected chi connectivity index (χ3v) is 14.8. The molecule has 0 aromatic heterocycles. The second kappa shape index (κ2) is 26.5. The molecule has 5 amide bonds. The Balaban J connectivity index is 2.29. The number of aliphatic hydroxyl groups excluding tert-OH is 1. The fourth-order valence-corrected chi connectivity index (χ4v) is 9.46. The quantitative estimate of drug-likeness (QED) is 0.154. The fraction of sp³-hybridized carbons (Fsp3) is 0.720. The van der Waals surface area contributed by atoms with Crippen LogP contribution in [0, 0.1) is 29.6 Å². The number of rotatable bonds is 14. The van der Waals surface area contributed by atoms with Gasteiger partial charge in [-0.25, -0.2) is 13.2 Å².